The van der Waals surface area contributed by atoms with Gasteiger partial charge in [-0.15, -0.1) is 0 Å². The van der Waals surface area contributed by atoms with Gasteiger partial charge in [0.25, 0.3) is 0 Å². The average Bonchev–Trinajstić information content (AvgIpc) is 2.55. The largest absolute Gasteiger partial charge is 0.495 e. The summed E-state index contributed by atoms with van der Waals surface area (Å²) in [6.45, 7) is 0.381. The van der Waals surface area contributed by atoms with Gasteiger partial charge in [0.15, 0.2) is 0 Å². The fourth-order valence-electron chi connectivity index (χ4n) is 2.10. The molecular weight excluding hydrogens is 336 g/mol. The van der Waals surface area contributed by atoms with E-state index in [4.69, 9.17) is 16.3 Å². The number of rotatable bonds is 8. The normalized spacial score (nSPS) is 11.4. The molecule has 1 N–H and O–H groups in total. The van der Waals surface area contributed by atoms with Crippen LogP contribution in [0.2, 0.25) is 5.02 Å². The Morgan fingerprint density at radius 2 is 2.09 bits per heavy atom. The molecular formula is C16H19ClN2O3S. The number of hydrogen-bond acceptors (Lipinski definition) is 4. The van der Waals surface area contributed by atoms with Crippen LogP contribution in [0.5, 0.6) is 5.75 Å². The van der Waals surface area contributed by atoms with E-state index in [1.54, 1.807) is 12.3 Å². The maximum Gasteiger partial charge on any atom is 0.240 e. The number of benzene rings is 1. The molecule has 0 amide bonds. The number of aromatic nitrogens is 1. The van der Waals surface area contributed by atoms with Crippen molar-refractivity contribution in [3.8, 4) is 5.75 Å². The highest BCUT2D eigenvalue weighted by Gasteiger charge is 2.15. The lowest BCUT2D eigenvalue weighted by atomic mass is 10.1. The SMILES string of the molecule is COc1ccc(S(=O)(=O)NCCCCc2cccnc2)cc1Cl. The summed E-state index contributed by atoms with van der Waals surface area (Å²) < 4.78 is 32.0. The second kappa shape index (κ2) is 8.29. The lowest BCUT2D eigenvalue weighted by molar-refractivity contribution is 0.414. The number of hydrogen-bond donors (Lipinski definition) is 1. The quantitative estimate of drug-likeness (QED) is 0.740. The van der Waals surface area contributed by atoms with Gasteiger partial charge >= 0.3 is 0 Å². The Balaban J connectivity index is 1.83. The van der Waals surface area contributed by atoms with Gasteiger partial charge in [-0.05, 0) is 49.1 Å². The molecule has 0 fully saturated rings. The molecule has 0 aliphatic rings. The zero-order valence-electron chi connectivity index (χ0n) is 12.8. The van der Waals surface area contributed by atoms with Crippen molar-refractivity contribution in [1.29, 1.82) is 0 Å². The molecule has 0 atom stereocenters. The third-order valence-electron chi connectivity index (χ3n) is 3.34. The van der Waals surface area contributed by atoms with E-state index in [2.05, 4.69) is 9.71 Å². The molecule has 7 heteroatoms. The number of unbranched alkanes of at least 4 members (excludes halogenated alkanes) is 1. The number of ether oxygens (including phenoxy) is 1. The Hall–Kier alpha value is -1.63. The summed E-state index contributed by atoms with van der Waals surface area (Å²) in [4.78, 5) is 4.19. The van der Waals surface area contributed by atoms with E-state index < -0.39 is 10.0 Å². The van der Waals surface area contributed by atoms with Gasteiger partial charge in [0.1, 0.15) is 5.75 Å². The first-order chi connectivity index (χ1) is 11.0. The van der Waals surface area contributed by atoms with Crippen molar-refractivity contribution < 1.29 is 13.2 Å². The van der Waals surface area contributed by atoms with E-state index in [-0.39, 0.29) is 9.92 Å². The monoisotopic (exact) mass is 354 g/mol. The van der Waals surface area contributed by atoms with Crippen molar-refractivity contribution in [1.82, 2.24) is 9.71 Å². The molecule has 0 saturated carbocycles. The molecule has 2 rings (SSSR count). The van der Waals surface area contributed by atoms with Crippen LogP contribution in [-0.4, -0.2) is 27.1 Å². The smallest absolute Gasteiger partial charge is 0.240 e. The highest BCUT2D eigenvalue weighted by molar-refractivity contribution is 7.89. The lowest BCUT2D eigenvalue weighted by Crippen LogP contribution is -2.24. The Morgan fingerprint density at radius 1 is 1.26 bits per heavy atom. The number of nitrogens with one attached hydrogen (secondary N) is 1. The maximum atomic E-state index is 12.2. The van der Waals surface area contributed by atoms with E-state index >= 15 is 0 Å². The topological polar surface area (TPSA) is 68.3 Å². The van der Waals surface area contributed by atoms with Gasteiger partial charge in [-0.2, -0.15) is 0 Å². The predicted octanol–water partition coefficient (Wildman–Crippen LogP) is 3.04. The van der Waals surface area contributed by atoms with Crippen molar-refractivity contribution in [2.75, 3.05) is 13.7 Å². The summed E-state index contributed by atoms with van der Waals surface area (Å²) in [6, 6.07) is 8.31. The lowest BCUT2D eigenvalue weighted by Gasteiger charge is -2.09. The fraction of sp³-hybridized carbons (Fsp3) is 0.312. The molecule has 124 valence electrons. The zero-order chi connectivity index (χ0) is 16.7. The first-order valence-corrected chi connectivity index (χ1v) is 9.11. The third kappa shape index (κ3) is 5.20. The maximum absolute atomic E-state index is 12.2. The van der Waals surface area contributed by atoms with Crippen molar-refractivity contribution in [3.05, 3.63) is 53.3 Å². The van der Waals surface area contributed by atoms with Crippen molar-refractivity contribution in [2.24, 2.45) is 0 Å². The van der Waals surface area contributed by atoms with Crippen LogP contribution < -0.4 is 9.46 Å². The molecule has 1 aromatic carbocycles. The predicted molar refractivity (Wildman–Crippen MR) is 90.4 cm³/mol. The third-order valence-corrected chi connectivity index (χ3v) is 5.09. The fourth-order valence-corrected chi connectivity index (χ4v) is 3.53. The minimum atomic E-state index is -3.56. The van der Waals surface area contributed by atoms with Crippen LogP contribution in [0.3, 0.4) is 0 Å². The van der Waals surface area contributed by atoms with Gasteiger partial charge in [-0.25, -0.2) is 13.1 Å². The molecule has 0 aliphatic carbocycles. The van der Waals surface area contributed by atoms with Gasteiger partial charge in [-0.3, -0.25) is 4.98 Å². The number of halogens is 1. The van der Waals surface area contributed by atoms with E-state index in [0.717, 1.165) is 24.8 Å². The van der Waals surface area contributed by atoms with Crippen LogP contribution in [0.1, 0.15) is 18.4 Å². The van der Waals surface area contributed by atoms with Crippen LogP contribution in [0.15, 0.2) is 47.6 Å². The molecule has 0 spiro atoms. The van der Waals surface area contributed by atoms with E-state index in [1.807, 2.05) is 18.3 Å². The highest BCUT2D eigenvalue weighted by atomic mass is 35.5. The molecule has 23 heavy (non-hydrogen) atoms. The summed E-state index contributed by atoms with van der Waals surface area (Å²) >= 11 is 5.96. The highest BCUT2D eigenvalue weighted by Crippen LogP contribution is 2.26. The van der Waals surface area contributed by atoms with Gasteiger partial charge < -0.3 is 4.74 Å². The number of sulfonamides is 1. The van der Waals surface area contributed by atoms with Gasteiger partial charge in [-0.1, -0.05) is 17.7 Å². The van der Waals surface area contributed by atoms with Crippen LogP contribution in [0.4, 0.5) is 0 Å². The summed E-state index contributed by atoms with van der Waals surface area (Å²) in [5.41, 5.74) is 1.15. The van der Waals surface area contributed by atoms with E-state index in [9.17, 15) is 8.42 Å². The van der Waals surface area contributed by atoms with Crippen molar-refractivity contribution >= 4 is 21.6 Å². The Kier molecular flexibility index (Phi) is 6.38. The van der Waals surface area contributed by atoms with Gasteiger partial charge in [0, 0.05) is 18.9 Å². The Bertz CT molecular complexity index is 736. The molecule has 0 saturated heterocycles. The first-order valence-electron chi connectivity index (χ1n) is 7.25. The molecule has 0 aliphatic heterocycles. The van der Waals surface area contributed by atoms with Crippen LogP contribution in [-0.2, 0) is 16.4 Å². The van der Waals surface area contributed by atoms with Crippen molar-refractivity contribution in [3.63, 3.8) is 0 Å². The Labute approximate surface area is 141 Å². The summed E-state index contributed by atoms with van der Waals surface area (Å²) in [6.07, 6.45) is 6.07. The van der Waals surface area contributed by atoms with Gasteiger partial charge in [0.05, 0.1) is 17.0 Å². The Morgan fingerprint density at radius 3 is 2.74 bits per heavy atom. The molecule has 0 unspecified atom stereocenters. The number of nitrogens with zero attached hydrogens (tertiary/aromatic N) is 1. The molecule has 1 aromatic heterocycles. The second-order valence-corrected chi connectivity index (χ2v) is 7.19. The van der Waals surface area contributed by atoms with E-state index in [1.165, 1.54) is 19.2 Å². The minimum Gasteiger partial charge on any atom is -0.495 e. The zero-order valence-corrected chi connectivity index (χ0v) is 14.4. The first kappa shape index (κ1) is 17.7. The average molecular weight is 355 g/mol. The summed E-state index contributed by atoms with van der Waals surface area (Å²) in [5, 5.41) is 0.270. The summed E-state index contributed by atoms with van der Waals surface area (Å²) in [5.74, 6) is 0.446. The van der Waals surface area contributed by atoms with Crippen molar-refractivity contribution in [2.45, 2.75) is 24.2 Å². The number of aryl methyl sites for hydroxylation is 1. The molecule has 0 bridgehead atoms. The van der Waals surface area contributed by atoms with Crippen LogP contribution in [0.25, 0.3) is 0 Å². The molecule has 0 radical (unpaired) electrons. The molecule has 1 heterocycles. The second-order valence-electron chi connectivity index (χ2n) is 5.01. The number of methoxy groups -OCH3 is 1. The van der Waals surface area contributed by atoms with Crippen LogP contribution >= 0.6 is 11.6 Å². The van der Waals surface area contributed by atoms with E-state index in [0.29, 0.717) is 12.3 Å². The minimum absolute atomic E-state index is 0.135. The standard InChI is InChI=1S/C16H19ClN2O3S/c1-22-16-8-7-14(11-15(16)17)23(20,21)19-10-3-2-5-13-6-4-9-18-12-13/h4,6-9,11-12,19H,2-3,5,10H2,1H3. The summed E-state index contributed by atoms with van der Waals surface area (Å²) in [7, 11) is -2.07. The molecule has 2 aromatic rings. The number of pyridine rings is 1. The molecule has 5 nitrogen and oxygen atoms in total. The van der Waals surface area contributed by atoms with Crippen LogP contribution in [0, 0.1) is 0 Å². The van der Waals surface area contributed by atoms with Gasteiger partial charge in [0.2, 0.25) is 10.0 Å².